The van der Waals surface area contributed by atoms with Gasteiger partial charge in [-0.2, -0.15) is 0 Å². The van der Waals surface area contributed by atoms with Crippen LogP contribution in [0.15, 0.2) is 107 Å². The second-order valence-electron chi connectivity index (χ2n) is 13.4. The zero-order valence-electron chi connectivity index (χ0n) is 45.4. The summed E-state index contributed by atoms with van der Waals surface area (Å²) < 4.78 is 11.3. The smallest absolute Gasteiger partial charge is 0.115 e. The van der Waals surface area contributed by atoms with Crippen LogP contribution in [0.3, 0.4) is 0 Å². The van der Waals surface area contributed by atoms with Gasteiger partial charge in [-0.15, -0.1) is 0 Å². The fraction of sp³-hybridized carbons (Fsp3) is 0.684. The van der Waals surface area contributed by atoms with Crippen molar-refractivity contribution in [2.75, 3.05) is 26.9 Å². The molecule has 0 saturated heterocycles. The van der Waals surface area contributed by atoms with E-state index in [1.165, 1.54) is 68.1 Å². The predicted molar refractivity (Wildman–Crippen MR) is 285 cm³/mol. The maximum Gasteiger partial charge on any atom is 0.115 e. The number of rotatable bonds is 24. The molecule has 0 heterocycles. The van der Waals surface area contributed by atoms with Crippen molar-refractivity contribution >= 4 is 0 Å². The molecule has 0 aromatic heterocycles. The first-order valence-electron chi connectivity index (χ1n) is 24.8. The van der Waals surface area contributed by atoms with Crippen molar-refractivity contribution in [2.24, 2.45) is 11.8 Å². The van der Waals surface area contributed by atoms with E-state index in [4.69, 9.17) is 9.47 Å². The Bertz CT molecular complexity index is 1040. The first-order valence-corrected chi connectivity index (χ1v) is 24.8. The predicted octanol–water partition coefficient (Wildman–Crippen LogP) is 19.9. The highest BCUT2D eigenvalue weighted by Crippen LogP contribution is 2.18. The van der Waals surface area contributed by atoms with Gasteiger partial charge >= 0.3 is 0 Å². The van der Waals surface area contributed by atoms with E-state index in [1.54, 1.807) is 0 Å². The Morgan fingerprint density at radius 2 is 1.17 bits per heavy atom. The molecule has 0 aliphatic carbocycles. The molecule has 1 N–H and O–H groups in total. The van der Waals surface area contributed by atoms with Crippen LogP contribution in [0.2, 0.25) is 0 Å². The van der Waals surface area contributed by atoms with Gasteiger partial charge in [0.15, 0.2) is 0 Å². The Kier molecular flexibility index (Phi) is 88.0. The quantitative estimate of drug-likeness (QED) is 0.0596. The minimum absolute atomic E-state index is 0.632. The lowest BCUT2D eigenvalue weighted by Crippen LogP contribution is -2.08. The van der Waals surface area contributed by atoms with Crippen molar-refractivity contribution in [3.63, 3.8) is 0 Å². The molecule has 3 heteroatoms. The van der Waals surface area contributed by atoms with E-state index in [0.29, 0.717) is 5.92 Å². The zero-order valence-corrected chi connectivity index (χ0v) is 45.4. The van der Waals surface area contributed by atoms with Crippen LogP contribution in [-0.4, -0.2) is 26.9 Å². The van der Waals surface area contributed by atoms with Gasteiger partial charge in [0, 0.05) is 26.0 Å². The zero-order chi connectivity index (χ0) is 48.4. The molecule has 0 aromatic rings. The summed E-state index contributed by atoms with van der Waals surface area (Å²) in [6.45, 7) is 52.5. The van der Waals surface area contributed by atoms with E-state index in [2.05, 4.69) is 155 Å². The second-order valence-corrected chi connectivity index (χ2v) is 13.4. The highest BCUT2D eigenvalue weighted by atomic mass is 16.5. The van der Waals surface area contributed by atoms with Crippen molar-refractivity contribution in [2.45, 2.75) is 223 Å². The number of ether oxygens (including phenoxy) is 2. The molecule has 0 bridgehead atoms. The van der Waals surface area contributed by atoms with Crippen molar-refractivity contribution < 1.29 is 9.47 Å². The van der Waals surface area contributed by atoms with Crippen molar-refractivity contribution in [1.82, 2.24) is 5.32 Å². The maximum absolute atomic E-state index is 5.95. The van der Waals surface area contributed by atoms with E-state index in [1.807, 2.05) is 83.2 Å². The molecule has 60 heavy (non-hydrogen) atoms. The molecule has 0 spiro atoms. The summed E-state index contributed by atoms with van der Waals surface area (Å²) in [5, 5.41) is 3.18. The monoisotopic (exact) mass is 844 g/mol. The van der Waals surface area contributed by atoms with E-state index >= 15 is 0 Å². The van der Waals surface area contributed by atoms with Gasteiger partial charge in [0.05, 0.1) is 6.61 Å². The summed E-state index contributed by atoms with van der Waals surface area (Å²) in [6.07, 6.45) is 36.7. The third-order valence-electron chi connectivity index (χ3n) is 8.02. The maximum atomic E-state index is 5.95. The Morgan fingerprint density at radius 3 is 1.57 bits per heavy atom. The van der Waals surface area contributed by atoms with Crippen molar-refractivity contribution in [3.8, 4) is 0 Å². The molecule has 3 nitrogen and oxygen atoms in total. The highest BCUT2D eigenvalue weighted by molar-refractivity contribution is 5.44. The fourth-order valence-electron chi connectivity index (χ4n) is 4.76. The topological polar surface area (TPSA) is 30.5 Å². The van der Waals surface area contributed by atoms with Crippen LogP contribution in [0.5, 0.6) is 0 Å². The van der Waals surface area contributed by atoms with Gasteiger partial charge in [0.2, 0.25) is 0 Å². The third kappa shape index (κ3) is 61.9. The Morgan fingerprint density at radius 1 is 0.667 bits per heavy atom. The molecule has 358 valence electrons. The van der Waals surface area contributed by atoms with Gasteiger partial charge in [-0.25, -0.2) is 0 Å². The van der Waals surface area contributed by atoms with Gasteiger partial charge in [0.25, 0.3) is 0 Å². The number of hydrogen-bond donors (Lipinski definition) is 1. The average Bonchev–Trinajstić information content (AvgIpc) is 3.28. The SMILES string of the molecule is C/C=C\C(=C/C)C/C=C\C(=C/CC)OCC(C)CCCC.C=C(C)C(/C=C(\C=C/C)C/C=C\C)=C(/C)NC.CC.CC.CC.CC.CCC.CCCCC(CC)COCC. The van der Waals surface area contributed by atoms with Crippen molar-refractivity contribution in [3.05, 3.63) is 107 Å². The van der Waals surface area contributed by atoms with Gasteiger partial charge in [-0.1, -0.05) is 198 Å². The number of nitrogens with one attached hydrogen (secondary N) is 1. The standard InChI is InChI=1S/C20H34O.C16H25N.C10H22O.C3H8.4C2H6/c1-6-10-14-18(5)17-21-20(13-8-3)16-11-15-19(9-4)12-7-2;1-7-9-11-15(10-8-2)12-16(13(3)4)14(5)17-6;1-4-7-8-10(5-2)9-11-6-3;1-3-2;4*1-2/h7,9,11-13,16,18H,6,8,10,14-15,17H2,1-5H3;7-10,12,17H,3,11H2,1-2,4-6H3;10H,4-9H2,1-3H3;3H2,1-2H3;4*1-2H3/b12-7-,16-11-,19-9+,20-13+;9-7-,10-8-,15-12+,16-14-;;;;;;. The van der Waals surface area contributed by atoms with Crippen molar-refractivity contribution in [1.29, 1.82) is 0 Å². The van der Waals surface area contributed by atoms with Gasteiger partial charge in [-0.3, -0.25) is 0 Å². The first kappa shape index (κ1) is 74.7. The minimum Gasteiger partial charge on any atom is -0.494 e. The van der Waals surface area contributed by atoms with E-state index in [9.17, 15) is 0 Å². The number of unbranched alkanes of at least 4 members (excludes halogenated alkanes) is 2. The lowest BCUT2D eigenvalue weighted by atomic mass is 10.0. The molecule has 0 aliphatic rings. The summed E-state index contributed by atoms with van der Waals surface area (Å²) in [4.78, 5) is 0. The Hall–Kier alpha value is -2.78. The number of hydrogen-bond acceptors (Lipinski definition) is 3. The summed E-state index contributed by atoms with van der Waals surface area (Å²) in [6, 6.07) is 0. The van der Waals surface area contributed by atoms with Gasteiger partial charge in [0.1, 0.15) is 5.76 Å². The van der Waals surface area contributed by atoms with Crippen LogP contribution in [-0.2, 0) is 9.47 Å². The molecule has 2 unspecified atom stereocenters. The van der Waals surface area contributed by atoms with E-state index in [0.717, 1.165) is 62.0 Å². The summed E-state index contributed by atoms with van der Waals surface area (Å²) >= 11 is 0. The fourth-order valence-corrected chi connectivity index (χ4v) is 4.76. The number of allylic oxidation sites excluding steroid dienone is 16. The largest absolute Gasteiger partial charge is 0.494 e. The Labute approximate surface area is 382 Å². The first-order chi connectivity index (χ1) is 29.0. The second kappa shape index (κ2) is 70.8. The van der Waals surface area contributed by atoms with Gasteiger partial charge < -0.3 is 14.8 Å². The van der Waals surface area contributed by atoms with E-state index < -0.39 is 0 Å². The normalized spacial score (nSPS) is 12.5. The molecule has 0 aromatic carbocycles. The average molecular weight is 845 g/mol. The van der Waals surface area contributed by atoms with Crippen LogP contribution in [0.1, 0.15) is 223 Å². The molecule has 0 rings (SSSR count). The third-order valence-corrected chi connectivity index (χ3v) is 8.02. The van der Waals surface area contributed by atoms with Crippen LogP contribution in [0.25, 0.3) is 0 Å². The molecular formula is C57H113NO2. The lowest BCUT2D eigenvalue weighted by molar-refractivity contribution is 0.104. The summed E-state index contributed by atoms with van der Waals surface area (Å²) in [5.74, 6) is 2.44. The molecule has 0 aliphatic heterocycles. The van der Waals surface area contributed by atoms with Gasteiger partial charge in [-0.05, 0) is 133 Å². The summed E-state index contributed by atoms with van der Waals surface area (Å²) in [5.41, 5.74) is 6.04. The molecule has 0 saturated carbocycles. The molecular weight excluding hydrogens is 731 g/mol. The van der Waals surface area contributed by atoms with Crippen LogP contribution < -0.4 is 5.32 Å². The minimum atomic E-state index is 0.632. The van der Waals surface area contributed by atoms with Crippen LogP contribution in [0.4, 0.5) is 0 Å². The highest BCUT2D eigenvalue weighted by Gasteiger charge is 2.05. The lowest BCUT2D eigenvalue weighted by Gasteiger charge is -2.13. The van der Waals surface area contributed by atoms with Crippen LogP contribution >= 0.6 is 0 Å². The van der Waals surface area contributed by atoms with Crippen LogP contribution in [0, 0.1) is 11.8 Å². The molecule has 0 fully saturated rings. The molecule has 2 atom stereocenters. The van der Waals surface area contributed by atoms with E-state index in [-0.39, 0.29) is 0 Å². The molecule has 0 radical (unpaired) electrons. The summed E-state index contributed by atoms with van der Waals surface area (Å²) in [7, 11) is 1.94. The Balaban J connectivity index is -0.000000103. The molecule has 0 amide bonds.